The maximum atomic E-state index is 13.5. The van der Waals surface area contributed by atoms with Crippen molar-refractivity contribution >= 4 is 29.1 Å². The minimum absolute atomic E-state index is 0.0798. The van der Waals surface area contributed by atoms with Gasteiger partial charge < -0.3 is 15.3 Å². The molecule has 0 spiro atoms. The maximum Gasteiger partial charge on any atom is 0.268 e. The molecular weight excluding hydrogens is 428 g/mol. The van der Waals surface area contributed by atoms with Crippen molar-refractivity contribution in [2.24, 2.45) is 16.4 Å². The Labute approximate surface area is 195 Å². The van der Waals surface area contributed by atoms with E-state index in [1.165, 1.54) is 0 Å². The molecule has 1 fully saturated rings. The Balaban J connectivity index is 1.74. The molecule has 0 bridgehead atoms. The van der Waals surface area contributed by atoms with Gasteiger partial charge in [0.05, 0.1) is 5.60 Å². The fourth-order valence-corrected chi connectivity index (χ4v) is 4.71. The van der Waals surface area contributed by atoms with E-state index in [1.807, 2.05) is 53.8 Å². The highest BCUT2D eigenvalue weighted by Gasteiger charge is 2.50. The lowest BCUT2D eigenvalue weighted by atomic mass is 9.66. The molecule has 0 aliphatic carbocycles. The number of halogens is 1. The highest BCUT2D eigenvalue weighted by molar-refractivity contribution is 6.39. The molecule has 0 saturated carbocycles. The molecule has 7 nitrogen and oxygen atoms in total. The van der Waals surface area contributed by atoms with E-state index < -0.39 is 17.1 Å². The molecule has 176 valence electrons. The maximum absolute atomic E-state index is 13.5. The van der Waals surface area contributed by atoms with Gasteiger partial charge in [0.2, 0.25) is 5.91 Å². The first kappa shape index (κ1) is 24.5. The molecule has 2 amide bonds. The summed E-state index contributed by atoms with van der Waals surface area (Å²) in [7, 11) is 1.84. The van der Waals surface area contributed by atoms with E-state index in [4.69, 9.17) is 11.6 Å². The summed E-state index contributed by atoms with van der Waals surface area (Å²) < 4.78 is 0. The minimum Gasteiger partial charge on any atom is -0.384 e. The number of hydrogen-bond acceptors (Lipinski definition) is 5. The van der Waals surface area contributed by atoms with Crippen LogP contribution in [0.1, 0.15) is 53.0 Å². The van der Waals surface area contributed by atoms with E-state index >= 15 is 0 Å². The number of nitrogens with zero attached hydrogens (tertiary/aromatic N) is 3. The number of aliphatic hydroxyl groups is 1. The summed E-state index contributed by atoms with van der Waals surface area (Å²) in [5.74, 6) is -0.495. The van der Waals surface area contributed by atoms with Crippen molar-refractivity contribution in [1.82, 2.24) is 15.2 Å². The Bertz CT molecular complexity index is 899. The summed E-state index contributed by atoms with van der Waals surface area (Å²) in [5, 5.41) is 21.2. The number of piperidine rings is 1. The molecule has 3 rings (SSSR count). The van der Waals surface area contributed by atoms with Crippen molar-refractivity contribution in [3.05, 3.63) is 34.9 Å². The Kier molecular flexibility index (Phi) is 6.91. The summed E-state index contributed by atoms with van der Waals surface area (Å²) in [4.78, 5) is 28.0. The summed E-state index contributed by atoms with van der Waals surface area (Å²) in [5.41, 5.74) is -0.419. The van der Waals surface area contributed by atoms with Gasteiger partial charge >= 0.3 is 0 Å². The molecule has 1 saturated heterocycles. The van der Waals surface area contributed by atoms with Crippen LogP contribution < -0.4 is 5.32 Å². The second-order valence-corrected chi connectivity index (χ2v) is 10.6. The Morgan fingerprint density at radius 2 is 1.88 bits per heavy atom. The number of carbonyl (C=O) groups is 2. The van der Waals surface area contributed by atoms with Gasteiger partial charge in [-0.25, -0.2) is 0 Å². The standard InChI is InChI=1S/C24H35ClN4O3/c1-15(2)20(26-21(30)19-13-16(3)28(6)27-19)22(31)29-12-11-24(32,23(4,5)14-29)17-7-9-18(25)10-8-17/h7-10,15-16,20,32H,11-14H2,1-6H3,(H,26,30)/t16?,20-,24+/m1/s1. The fourth-order valence-electron chi connectivity index (χ4n) is 4.59. The lowest BCUT2D eigenvalue weighted by Gasteiger charge is -2.51. The van der Waals surface area contributed by atoms with Crippen LogP contribution in [0.25, 0.3) is 0 Å². The van der Waals surface area contributed by atoms with E-state index in [2.05, 4.69) is 10.4 Å². The van der Waals surface area contributed by atoms with E-state index in [9.17, 15) is 14.7 Å². The lowest BCUT2D eigenvalue weighted by Crippen LogP contribution is -2.60. The highest BCUT2D eigenvalue weighted by atomic mass is 35.5. The van der Waals surface area contributed by atoms with E-state index in [0.29, 0.717) is 36.7 Å². The first-order valence-corrected chi connectivity index (χ1v) is 11.6. The highest BCUT2D eigenvalue weighted by Crippen LogP contribution is 2.46. The Morgan fingerprint density at radius 3 is 2.38 bits per heavy atom. The molecule has 32 heavy (non-hydrogen) atoms. The molecule has 0 aromatic heterocycles. The summed E-state index contributed by atoms with van der Waals surface area (Å²) in [6.07, 6.45) is 0.966. The van der Waals surface area contributed by atoms with Gasteiger partial charge in [0.1, 0.15) is 11.8 Å². The van der Waals surface area contributed by atoms with Gasteiger partial charge in [-0.05, 0) is 37.0 Å². The predicted octanol–water partition coefficient (Wildman–Crippen LogP) is 3.01. The molecular formula is C24H35ClN4O3. The zero-order valence-electron chi connectivity index (χ0n) is 19.9. The van der Waals surface area contributed by atoms with Crippen LogP contribution in [0.4, 0.5) is 0 Å². The second-order valence-electron chi connectivity index (χ2n) is 10.1. The average Bonchev–Trinajstić information content (AvgIpc) is 3.06. The van der Waals surface area contributed by atoms with Crippen LogP contribution in [0.15, 0.2) is 29.4 Å². The summed E-state index contributed by atoms with van der Waals surface area (Å²) in [6, 6.07) is 6.76. The Hall–Kier alpha value is -2.12. The smallest absolute Gasteiger partial charge is 0.268 e. The molecule has 1 unspecified atom stereocenters. The van der Waals surface area contributed by atoms with Gasteiger partial charge in [0.15, 0.2) is 0 Å². The van der Waals surface area contributed by atoms with E-state index in [-0.39, 0.29) is 23.8 Å². The molecule has 8 heteroatoms. The van der Waals surface area contributed by atoms with Crippen LogP contribution in [0.5, 0.6) is 0 Å². The number of likely N-dealkylation sites (tertiary alicyclic amines) is 1. The average molecular weight is 463 g/mol. The zero-order valence-corrected chi connectivity index (χ0v) is 20.6. The van der Waals surface area contributed by atoms with Crippen molar-refractivity contribution < 1.29 is 14.7 Å². The largest absolute Gasteiger partial charge is 0.384 e. The van der Waals surface area contributed by atoms with E-state index in [0.717, 1.165) is 5.56 Å². The van der Waals surface area contributed by atoms with Crippen LogP contribution in [-0.2, 0) is 15.2 Å². The number of benzene rings is 1. The number of hydrazone groups is 1. The van der Waals surface area contributed by atoms with Gasteiger partial charge in [-0.1, -0.05) is 51.4 Å². The van der Waals surface area contributed by atoms with Crippen molar-refractivity contribution in [3.63, 3.8) is 0 Å². The lowest BCUT2D eigenvalue weighted by molar-refractivity contribution is -0.156. The third kappa shape index (κ3) is 4.64. The van der Waals surface area contributed by atoms with Gasteiger partial charge in [-0.3, -0.25) is 14.6 Å². The molecule has 3 atom stereocenters. The van der Waals surface area contributed by atoms with Crippen molar-refractivity contribution in [2.45, 2.75) is 65.1 Å². The number of hydrogen-bond donors (Lipinski definition) is 2. The number of nitrogens with one attached hydrogen (secondary N) is 1. The third-order valence-electron chi connectivity index (χ3n) is 6.97. The monoisotopic (exact) mass is 462 g/mol. The van der Waals surface area contributed by atoms with Gasteiger partial charge in [-0.2, -0.15) is 5.10 Å². The fraction of sp³-hybridized carbons (Fsp3) is 0.625. The van der Waals surface area contributed by atoms with Gasteiger partial charge in [0, 0.05) is 43.0 Å². The summed E-state index contributed by atoms with van der Waals surface area (Å²) >= 11 is 6.02. The normalized spacial score (nSPS) is 26.2. The zero-order chi connectivity index (χ0) is 23.8. The number of rotatable bonds is 5. The summed E-state index contributed by atoms with van der Waals surface area (Å²) in [6.45, 7) is 10.6. The molecule has 2 N–H and O–H groups in total. The Morgan fingerprint density at radius 1 is 1.25 bits per heavy atom. The first-order chi connectivity index (χ1) is 14.9. The van der Waals surface area contributed by atoms with Crippen LogP contribution in [0.3, 0.4) is 0 Å². The van der Waals surface area contributed by atoms with Gasteiger partial charge in [-0.15, -0.1) is 0 Å². The van der Waals surface area contributed by atoms with Crippen molar-refractivity contribution in [3.8, 4) is 0 Å². The topological polar surface area (TPSA) is 85.2 Å². The van der Waals surface area contributed by atoms with Crippen LogP contribution >= 0.6 is 11.6 Å². The number of carbonyl (C=O) groups excluding carboxylic acids is 2. The van der Waals surface area contributed by atoms with Gasteiger partial charge in [0.25, 0.3) is 5.91 Å². The first-order valence-electron chi connectivity index (χ1n) is 11.2. The van der Waals surface area contributed by atoms with Crippen LogP contribution in [-0.4, -0.2) is 64.8 Å². The molecule has 2 aliphatic heterocycles. The third-order valence-corrected chi connectivity index (χ3v) is 7.22. The molecule has 1 aromatic carbocycles. The molecule has 1 aromatic rings. The molecule has 2 aliphatic rings. The van der Waals surface area contributed by atoms with E-state index in [1.54, 1.807) is 22.0 Å². The van der Waals surface area contributed by atoms with Crippen LogP contribution in [0, 0.1) is 11.3 Å². The number of amides is 2. The van der Waals surface area contributed by atoms with Crippen molar-refractivity contribution in [2.75, 3.05) is 20.1 Å². The molecule has 2 heterocycles. The SMILES string of the molecule is CC(C)[C@@H](NC(=O)C1=NN(C)C(C)C1)C(=O)N1CC[C@](O)(c2ccc(Cl)cc2)C(C)(C)C1. The quantitative estimate of drug-likeness (QED) is 0.704. The predicted molar refractivity (Wildman–Crippen MR) is 126 cm³/mol. The second kappa shape index (κ2) is 9.02. The van der Waals surface area contributed by atoms with Crippen molar-refractivity contribution in [1.29, 1.82) is 0 Å². The van der Waals surface area contributed by atoms with Crippen LogP contribution in [0.2, 0.25) is 5.02 Å². The molecule has 0 radical (unpaired) electrons. The minimum atomic E-state index is -1.08.